The molecule has 0 unspecified atom stereocenters. The second kappa shape index (κ2) is 43.6. The predicted octanol–water partition coefficient (Wildman–Crippen LogP) is 9.12. The predicted molar refractivity (Wildman–Crippen MR) is 394 cm³/mol. The summed E-state index contributed by atoms with van der Waals surface area (Å²) in [6, 6.07) is 21.4. The molecule has 0 radical (unpaired) electrons. The number of hydroxylamine groups is 5. The van der Waals surface area contributed by atoms with Crippen molar-refractivity contribution in [2.75, 3.05) is 12.9 Å². The molecule has 0 aliphatic heterocycles. The average molecular weight is 1630 g/mol. The molecule has 5 aromatic heterocycles. The van der Waals surface area contributed by atoms with E-state index in [2.05, 4.69) is 103 Å². The number of primary sulfonamides is 1. The lowest BCUT2D eigenvalue weighted by Crippen LogP contribution is -2.29. The number of hydrogen-bond donors (Lipinski definition) is 14. The Labute approximate surface area is 650 Å². The molecule has 2 saturated carbocycles. The number of aryl methyl sites for hydroxylation is 5. The maximum absolute atomic E-state index is 13.4. The van der Waals surface area contributed by atoms with Gasteiger partial charge < -0.3 is 24.4 Å². The van der Waals surface area contributed by atoms with Gasteiger partial charge in [0.25, 0.3) is 0 Å². The van der Waals surface area contributed by atoms with E-state index in [9.17, 15) is 51.1 Å². The highest BCUT2D eigenvalue weighted by Gasteiger charge is 2.28. The summed E-state index contributed by atoms with van der Waals surface area (Å²) in [5, 5.41) is 107. The zero-order valence-corrected chi connectivity index (χ0v) is 63.3. The molecule has 45 heteroatoms. The van der Waals surface area contributed by atoms with E-state index >= 15 is 0 Å². The van der Waals surface area contributed by atoms with Crippen molar-refractivity contribution in [2.45, 2.75) is 136 Å². The molecule has 0 amide bonds. The number of aliphatic hydroxyl groups excluding tert-OH is 2. The highest BCUT2D eigenvalue weighted by Crippen LogP contribution is 2.30. The molecule has 2 aliphatic carbocycles. The first-order chi connectivity index (χ1) is 54.8. The van der Waals surface area contributed by atoms with E-state index in [1.807, 2.05) is 27.4 Å². The van der Waals surface area contributed by atoms with Gasteiger partial charge in [0.05, 0.1) is 78.9 Å². The van der Waals surface area contributed by atoms with Crippen LogP contribution < -0.4 is 32.5 Å². The van der Waals surface area contributed by atoms with E-state index in [1.165, 1.54) is 86.0 Å². The van der Waals surface area contributed by atoms with Crippen molar-refractivity contribution in [1.29, 1.82) is 0 Å². The Hall–Kier alpha value is -11.3. The molecule has 0 atom stereocenters. The molecule has 610 valence electrons. The number of ether oxygens (including phenoxy) is 3. The van der Waals surface area contributed by atoms with Gasteiger partial charge in [-0.2, -0.15) is 12.6 Å². The molecule has 12 rings (SSSR count). The van der Waals surface area contributed by atoms with Crippen LogP contribution in [-0.2, 0) is 56.4 Å². The van der Waals surface area contributed by atoms with Crippen molar-refractivity contribution in [1.82, 2.24) is 79.0 Å². The van der Waals surface area contributed by atoms with Crippen LogP contribution in [0.1, 0.15) is 136 Å². The lowest BCUT2D eigenvalue weighted by molar-refractivity contribution is -0.0138. The molecule has 2 fully saturated rings. The zero-order valence-electron chi connectivity index (χ0n) is 61.6. The normalized spacial score (nSPS) is 16.1. The number of nitrogens with one attached hydrogen (secondary N) is 5. The van der Waals surface area contributed by atoms with Gasteiger partial charge in [-0.3, -0.25) is 53.4 Å². The molecule has 5 aromatic carbocycles. The van der Waals surface area contributed by atoms with Crippen LogP contribution >= 0.6 is 12.6 Å². The number of nitrogens with zero attached hydrogens (tertiary/aromatic N) is 15. The number of nitrogens with two attached hydrogens (primary N) is 1. The van der Waals surface area contributed by atoms with Gasteiger partial charge in [-0.1, -0.05) is 25.8 Å². The van der Waals surface area contributed by atoms with Gasteiger partial charge in [-0.25, -0.2) is 83.6 Å². The second-order valence-electron chi connectivity index (χ2n) is 25.1. The zero-order chi connectivity index (χ0) is 82.4. The van der Waals surface area contributed by atoms with E-state index < -0.39 is 16.6 Å². The number of thiol groups is 1. The van der Waals surface area contributed by atoms with Gasteiger partial charge in [-0.15, -0.1) is 0 Å². The minimum absolute atomic E-state index is 0.0120. The molecule has 0 bridgehead atoms. The van der Waals surface area contributed by atoms with E-state index in [0.717, 1.165) is 12.8 Å². The standard InChI is InChI=1S/C18H24FN5O5S.C17H21FN4O4.C12H13FN4O3.C11H11FN4O3.C11H11FN4O2S/c1-11-8-13(4-7-15(11)19)21-18(22-25)17-16(23-29-24-17)9-28-14-5-2-12(3-6-14)10-30(20,26)27;1-10-8-11(2-7-14(10)18)19-17(20-24)16-15(21-26-22-16)9-25-13-5-3-12(23)4-6-13;1-7-5-8(3-4-9(7)13)14-12(15-18)11-10(6-19-2)16-20-17-11;1-6-4-7(2-3-8(6)12)13-11(14-18)10-9(5-17)15-19-16-10;1-6-4-7(2-3-8(6)12)13-11(14-17)10-9(5-19)15-18-16-10/h4,7-8,12,14,25H,2-3,5-6,9-10H2,1H3,(H,21,22)(H2,20,26,27);2,7-8,12-13,23-24H,3-6,9H2,1H3,(H,19,20);3-5,18H,6H2,1-2H3,(H,14,15);2-4,17-18H,5H2,1H3,(H,13,14);2-4,17,19H,5H2,1H3,(H,13,14). The highest BCUT2D eigenvalue weighted by atomic mass is 32.2. The Balaban J connectivity index is 0.000000181. The average Bonchev–Trinajstić information content (AvgIpc) is 1.66. The van der Waals surface area contributed by atoms with Crippen molar-refractivity contribution in [3.63, 3.8) is 0 Å². The molecule has 10 aromatic rings. The number of halogens is 5. The van der Waals surface area contributed by atoms with Crippen LogP contribution in [0.5, 0.6) is 0 Å². The Morgan fingerprint density at radius 2 is 0.702 bits per heavy atom. The molecule has 0 spiro atoms. The maximum Gasteiger partial charge on any atom is 0.209 e. The number of methoxy groups -OCH3 is 1. The second-order valence-corrected chi connectivity index (χ2v) is 27.1. The topological polar surface area (TPSA) is 546 Å². The number of aromatic nitrogens is 10. The summed E-state index contributed by atoms with van der Waals surface area (Å²) < 4.78 is 128. The first-order valence-corrected chi connectivity index (χ1v) is 36.6. The van der Waals surface area contributed by atoms with Gasteiger partial charge >= 0.3 is 0 Å². The molecular weight excluding hydrogens is 1550 g/mol. The third kappa shape index (κ3) is 26.1. The van der Waals surface area contributed by atoms with Crippen molar-refractivity contribution in [2.24, 2.45) is 36.0 Å². The van der Waals surface area contributed by atoms with E-state index in [4.69, 9.17) is 44.1 Å². The van der Waals surface area contributed by atoms with Crippen molar-refractivity contribution >= 4 is 80.3 Å². The van der Waals surface area contributed by atoms with Gasteiger partial charge in [0, 0.05) is 12.9 Å². The molecule has 0 saturated heterocycles. The largest absolute Gasteiger partial charge is 0.393 e. The SMILES string of the molecule is COCc1nonc1C(=Nc1ccc(F)c(C)c1)NO.Cc1cc(N=C(NO)c2nonc2CO)ccc1F.Cc1cc(N=C(NO)c2nonc2COC2CCC(CS(N)(=O)=O)CC2)ccc1F.Cc1cc(N=C(NO)c2nonc2COC2CCC(O)CC2)ccc1F.Cc1cc(N=C(NO)c2nonc2CS)ccc1F. The number of sulfonamides is 1. The van der Waals surface area contributed by atoms with E-state index in [1.54, 1.807) is 46.8 Å². The Kier molecular flexibility index (Phi) is 33.8. The van der Waals surface area contributed by atoms with Gasteiger partial charge in [0.1, 0.15) is 57.6 Å². The lowest BCUT2D eigenvalue weighted by Gasteiger charge is -2.27. The Morgan fingerprint density at radius 3 is 0.965 bits per heavy atom. The molecule has 2 aliphatic rings. The number of rotatable bonds is 22. The van der Waals surface area contributed by atoms with E-state index in [-0.39, 0.29) is 148 Å². The first kappa shape index (κ1) is 88.2. The van der Waals surface area contributed by atoms with Crippen LogP contribution in [0.4, 0.5) is 50.4 Å². The summed E-state index contributed by atoms with van der Waals surface area (Å²) in [5.41, 5.74) is 16.5. The fourth-order valence-corrected chi connectivity index (χ4v) is 11.9. The summed E-state index contributed by atoms with van der Waals surface area (Å²) in [4.78, 5) is 20.8. The fraction of sp³-hybridized carbons (Fsp3) is 0.348. The quantitative estimate of drug-likeness (QED) is 0.00988. The maximum atomic E-state index is 13.4. The summed E-state index contributed by atoms with van der Waals surface area (Å²) in [6.07, 6.45) is 5.51. The third-order valence-corrected chi connectivity index (χ3v) is 18.0. The molecule has 114 heavy (non-hydrogen) atoms. The highest BCUT2D eigenvalue weighted by molar-refractivity contribution is 7.89. The number of benzene rings is 5. The van der Waals surface area contributed by atoms with Gasteiger partial charge in [-0.05, 0) is 236 Å². The monoisotopic (exact) mass is 1630 g/mol. The van der Waals surface area contributed by atoms with Crippen molar-refractivity contribution in [3.05, 3.63) is 205 Å². The van der Waals surface area contributed by atoms with Crippen LogP contribution in [0.25, 0.3) is 0 Å². The number of hydrogen-bond acceptors (Lipinski definition) is 33. The van der Waals surface area contributed by atoms with Crippen molar-refractivity contribution in [3.8, 4) is 0 Å². The van der Waals surface area contributed by atoms with Crippen molar-refractivity contribution < 1.29 is 104 Å². The number of aliphatic hydroxyl groups is 2. The van der Waals surface area contributed by atoms with Crippen LogP contribution in [0.2, 0.25) is 0 Å². The van der Waals surface area contributed by atoms with Crippen LogP contribution in [0.15, 0.2) is 139 Å². The number of amidine groups is 5. The van der Waals surface area contributed by atoms with Gasteiger partial charge in [0.2, 0.25) is 10.0 Å². The summed E-state index contributed by atoms with van der Waals surface area (Å²) in [6.45, 7) is 8.02. The first-order valence-electron chi connectivity index (χ1n) is 34.2. The minimum atomic E-state index is -3.47. The molecular formula is C69H80F5N21O17S2. The van der Waals surface area contributed by atoms with Crippen LogP contribution in [0.3, 0.4) is 0 Å². The summed E-state index contributed by atoms with van der Waals surface area (Å²) >= 11 is 4.06. The molecule has 38 nitrogen and oxygen atoms in total. The van der Waals surface area contributed by atoms with Crippen LogP contribution in [0, 0.1) is 69.6 Å². The third-order valence-electron chi connectivity index (χ3n) is 16.7. The Morgan fingerprint density at radius 1 is 0.439 bits per heavy atom. The smallest absolute Gasteiger partial charge is 0.209 e. The van der Waals surface area contributed by atoms with Crippen LogP contribution in [-0.4, -0.2) is 157 Å². The Bertz CT molecular complexity index is 4940. The molecule has 14 N–H and O–H groups in total. The number of aliphatic imine (C=N–C) groups is 5. The van der Waals surface area contributed by atoms with E-state index in [0.29, 0.717) is 118 Å². The minimum Gasteiger partial charge on any atom is -0.393 e. The summed E-state index contributed by atoms with van der Waals surface area (Å²) in [5.74, 6) is -1.35. The lowest BCUT2D eigenvalue weighted by atomic mass is 9.89. The fourth-order valence-electron chi connectivity index (χ4n) is 10.8. The molecule has 5 heterocycles. The van der Waals surface area contributed by atoms with Gasteiger partial charge in [0.15, 0.2) is 57.6 Å². The summed E-state index contributed by atoms with van der Waals surface area (Å²) in [7, 11) is -1.98.